The molecule has 0 aliphatic carbocycles. The van der Waals surface area contributed by atoms with Crippen molar-refractivity contribution in [3.8, 4) is 17.6 Å². The van der Waals surface area contributed by atoms with Gasteiger partial charge in [-0.05, 0) is 42.3 Å². The Morgan fingerprint density at radius 3 is 2.66 bits per heavy atom. The van der Waals surface area contributed by atoms with E-state index in [0.717, 1.165) is 27.8 Å². The van der Waals surface area contributed by atoms with Crippen LogP contribution in [-0.4, -0.2) is 58.0 Å². The number of rotatable bonds is 8. The van der Waals surface area contributed by atoms with Gasteiger partial charge in [0, 0.05) is 30.6 Å². The molecule has 180 valence electrons. The van der Waals surface area contributed by atoms with E-state index >= 15 is 0 Å². The third-order valence-corrected chi connectivity index (χ3v) is 5.86. The quantitative estimate of drug-likeness (QED) is 0.397. The van der Waals surface area contributed by atoms with Gasteiger partial charge in [-0.25, -0.2) is 4.98 Å². The zero-order valence-corrected chi connectivity index (χ0v) is 19.9. The number of morpholine rings is 1. The first-order valence-electron chi connectivity index (χ1n) is 11.5. The van der Waals surface area contributed by atoms with E-state index in [1.54, 1.807) is 20.3 Å². The molecule has 0 spiro atoms. The van der Waals surface area contributed by atoms with Crippen molar-refractivity contribution in [1.29, 1.82) is 5.26 Å². The number of para-hydroxylation sites is 1. The second kappa shape index (κ2) is 11.4. The van der Waals surface area contributed by atoms with Crippen LogP contribution < -0.4 is 19.7 Å². The molecule has 8 heteroatoms. The van der Waals surface area contributed by atoms with Crippen molar-refractivity contribution in [2.24, 2.45) is 0 Å². The van der Waals surface area contributed by atoms with E-state index in [-0.39, 0.29) is 5.57 Å². The monoisotopic (exact) mass is 472 g/mol. The Morgan fingerprint density at radius 2 is 1.91 bits per heavy atom. The number of carbonyl (C=O) groups is 1. The van der Waals surface area contributed by atoms with Crippen molar-refractivity contribution in [3.63, 3.8) is 0 Å². The number of ether oxygens (including phenoxy) is 3. The molecule has 1 N–H and O–H groups in total. The van der Waals surface area contributed by atoms with E-state index in [0.29, 0.717) is 50.8 Å². The third kappa shape index (κ3) is 5.70. The van der Waals surface area contributed by atoms with Gasteiger partial charge in [-0.1, -0.05) is 24.3 Å². The molecular weight excluding hydrogens is 444 g/mol. The maximum atomic E-state index is 12.8. The summed E-state index contributed by atoms with van der Waals surface area (Å²) < 4.78 is 16.1. The number of fused-ring (bicyclic) bond motifs is 1. The number of hydrogen-bond acceptors (Lipinski definition) is 7. The maximum absolute atomic E-state index is 12.8. The van der Waals surface area contributed by atoms with Crippen molar-refractivity contribution in [3.05, 3.63) is 65.2 Å². The van der Waals surface area contributed by atoms with Crippen LogP contribution in [0, 0.1) is 11.3 Å². The summed E-state index contributed by atoms with van der Waals surface area (Å²) in [7, 11) is 3.17. The highest BCUT2D eigenvalue weighted by Crippen LogP contribution is 2.28. The molecule has 1 saturated heterocycles. The Kier molecular flexibility index (Phi) is 7.81. The molecular formula is C27H28N4O4. The van der Waals surface area contributed by atoms with E-state index in [2.05, 4.69) is 16.3 Å². The molecule has 1 aliphatic heterocycles. The molecule has 1 amide bonds. The van der Waals surface area contributed by atoms with E-state index in [4.69, 9.17) is 19.2 Å². The van der Waals surface area contributed by atoms with Gasteiger partial charge in [0.1, 0.15) is 17.5 Å². The predicted octanol–water partition coefficient (Wildman–Crippen LogP) is 3.35. The predicted molar refractivity (Wildman–Crippen MR) is 135 cm³/mol. The minimum atomic E-state index is -0.422. The lowest BCUT2D eigenvalue weighted by Crippen LogP contribution is -2.37. The van der Waals surface area contributed by atoms with Crippen molar-refractivity contribution >= 4 is 28.7 Å². The summed E-state index contributed by atoms with van der Waals surface area (Å²) in [6.45, 7) is 3.00. The van der Waals surface area contributed by atoms with E-state index < -0.39 is 5.91 Å². The van der Waals surface area contributed by atoms with Crippen LogP contribution in [-0.2, 0) is 16.0 Å². The topological polar surface area (TPSA) is 96.7 Å². The molecule has 1 aromatic heterocycles. The number of nitrogens with one attached hydrogen (secondary N) is 1. The summed E-state index contributed by atoms with van der Waals surface area (Å²) in [6, 6.07) is 17.5. The van der Waals surface area contributed by atoms with Gasteiger partial charge < -0.3 is 24.4 Å². The average molecular weight is 473 g/mol. The normalized spacial score (nSPS) is 13.9. The molecule has 4 rings (SSSR count). The van der Waals surface area contributed by atoms with Crippen LogP contribution in [0.15, 0.2) is 54.1 Å². The Labute approximate surface area is 204 Å². The number of methoxy groups -OCH3 is 2. The SMILES string of the molecule is COc1ccc(CCNC(=O)/C(C#N)=C/c2cc3ccccc3nc2N2CCOCC2)cc1OC. The first-order valence-corrected chi connectivity index (χ1v) is 11.5. The molecule has 0 atom stereocenters. The van der Waals surface area contributed by atoms with Crippen molar-refractivity contribution in [2.45, 2.75) is 6.42 Å². The second-order valence-electron chi connectivity index (χ2n) is 8.06. The highest BCUT2D eigenvalue weighted by molar-refractivity contribution is 6.02. The zero-order valence-electron chi connectivity index (χ0n) is 19.9. The van der Waals surface area contributed by atoms with Crippen LogP contribution in [0.25, 0.3) is 17.0 Å². The zero-order chi connectivity index (χ0) is 24.6. The fourth-order valence-corrected chi connectivity index (χ4v) is 4.01. The van der Waals surface area contributed by atoms with Crippen LogP contribution in [0.2, 0.25) is 0 Å². The Hall–Kier alpha value is -4.09. The van der Waals surface area contributed by atoms with E-state index in [1.807, 2.05) is 48.5 Å². The lowest BCUT2D eigenvalue weighted by molar-refractivity contribution is -0.117. The number of carbonyl (C=O) groups excluding carboxylic acids is 1. The van der Waals surface area contributed by atoms with Crippen molar-refractivity contribution < 1.29 is 19.0 Å². The summed E-state index contributed by atoms with van der Waals surface area (Å²) in [4.78, 5) is 19.8. The maximum Gasteiger partial charge on any atom is 0.261 e. The van der Waals surface area contributed by atoms with E-state index in [1.165, 1.54) is 0 Å². The molecule has 1 aliphatic rings. The molecule has 8 nitrogen and oxygen atoms in total. The standard InChI is InChI=1S/C27H28N4O4/c1-33-24-8-7-19(15-25(24)34-2)9-10-29-27(32)22(18-28)17-21-16-20-5-3-4-6-23(20)30-26(21)31-11-13-35-14-12-31/h3-8,15-17H,9-14H2,1-2H3,(H,29,32)/b22-17+. The molecule has 3 aromatic rings. The molecule has 2 aromatic carbocycles. The highest BCUT2D eigenvalue weighted by atomic mass is 16.5. The van der Waals surface area contributed by atoms with Gasteiger partial charge in [0.15, 0.2) is 11.5 Å². The summed E-state index contributed by atoms with van der Waals surface area (Å²) >= 11 is 0. The summed E-state index contributed by atoms with van der Waals surface area (Å²) in [5, 5.41) is 13.5. The van der Waals surface area contributed by atoms with Crippen LogP contribution >= 0.6 is 0 Å². The molecule has 1 fully saturated rings. The highest BCUT2D eigenvalue weighted by Gasteiger charge is 2.18. The van der Waals surface area contributed by atoms with Crippen LogP contribution in [0.4, 0.5) is 5.82 Å². The molecule has 0 unspecified atom stereocenters. The largest absolute Gasteiger partial charge is 0.493 e. The fourth-order valence-electron chi connectivity index (χ4n) is 4.01. The summed E-state index contributed by atoms with van der Waals surface area (Å²) in [5.41, 5.74) is 2.61. The molecule has 2 heterocycles. The molecule has 0 radical (unpaired) electrons. The van der Waals surface area contributed by atoms with Gasteiger partial charge in [0.2, 0.25) is 0 Å². The fraction of sp³-hybridized carbons (Fsp3) is 0.296. The molecule has 0 bridgehead atoms. The van der Waals surface area contributed by atoms with Gasteiger partial charge in [0.25, 0.3) is 5.91 Å². The van der Waals surface area contributed by atoms with Gasteiger partial charge in [-0.2, -0.15) is 5.26 Å². The van der Waals surface area contributed by atoms with Crippen LogP contribution in [0.3, 0.4) is 0 Å². The number of amides is 1. The summed E-state index contributed by atoms with van der Waals surface area (Å²) in [6.07, 6.45) is 2.21. The third-order valence-electron chi connectivity index (χ3n) is 5.86. The van der Waals surface area contributed by atoms with E-state index in [9.17, 15) is 10.1 Å². The second-order valence-corrected chi connectivity index (χ2v) is 8.06. The number of aromatic nitrogens is 1. The van der Waals surface area contributed by atoms with Gasteiger partial charge in [0.05, 0.1) is 33.0 Å². The lowest BCUT2D eigenvalue weighted by atomic mass is 10.1. The average Bonchev–Trinajstić information content (AvgIpc) is 2.91. The molecule has 0 saturated carbocycles. The number of nitrogens with zero attached hydrogens (tertiary/aromatic N) is 3. The Balaban J connectivity index is 1.53. The molecule has 35 heavy (non-hydrogen) atoms. The van der Waals surface area contributed by atoms with Crippen LogP contribution in [0.5, 0.6) is 11.5 Å². The summed E-state index contributed by atoms with van der Waals surface area (Å²) in [5.74, 6) is 1.61. The first-order chi connectivity index (χ1) is 17.1. The van der Waals surface area contributed by atoms with Crippen molar-refractivity contribution in [1.82, 2.24) is 10.3 Å². The Morgan fingerprint density at radius 1 is 1.14 bits per heavy atom. The number of anilines is 1. The Bertz CT molecular complexity index is 1280. The van der Waals surface area contributed by atoms with Gasteiger partial charge in [-0.3, -0.25) is 4.79 Å². The van der Waals surface area contributed by atoms with Crippen molar-refractivity contribution in [2.75, 3.05) is 52.0 Å². The number of pyridine rings is 1. The minimum absolute atomic E-state index is 0.0314. The van der Waals surface area contributed by atoms with Gasteiger partial charge >= 0.3 is 0 Å². The van der Waals surface area contributed by atoms with Crippen LogP contribution in [0.1, 0.15) is 11.1 Å². The number of benzene rings is 2. The lowest BCUT2D eigenvalue weighted by Gasteiger charge is -2.29. The first kappa shape index (κ1) is 24.0. The van der Waals surface area contributed by atoms with Gasteiger partial charge in [-0.15, -0.1) is 0 Å². The number of nitriles is 1. The smallest absolute Gasteiger partial charge is 0.261 e. The minimum Gasteiger partial charge on any atom is -0.493 e. The number of hydrogen-bond donors (Lipinski definition) is 1.